The van der Waals surface area contributed by atoms with Crippen molar-refractivity contribution in [3.05, 3.63) is 76.9 Å². The van der Waals surface area contributed by atoms with Crippen LogP contribution in [0.1, 0.15) is 62.1 Å². The Morgan fingerprint density at radius 3 is 2.62 bits per heavy atom. The normalized spacial score (nSPS) is 32.2. The monoisotopic (exact) mass is 382 g/mol. The van der Waals surface area contributed by atoms with Crippen molar-refractivity contribution in [3.8, 4) is 17.6 Å². The van der Waals surface area contributed by atoms with Gasteiger partial charge in [0.15, 0.2) is 0 Å². The first-order chi connectivity index (χ1) is 14.0. The molecule has 1 heteroatoms. The lowest BCUT2D eigenvalue weighted by Crippen LogP contribution is -2.48. The van der Waals surface area contributed by atoms with Crippen molar-refractivity contribution >= 4 is 0 Å². The molecule has 5 rings (SSSR count). The second-order valence-electron chi connectivity index (χ2n) is 9.60. The summed E-state index contributed by atoms with van der Waals surface area (Å²) < 4.78 is 5.48. The lowest BCUT2D eigenvalue weighted by Gasteiger charge is -2.56. The van der Waals surface area contributed by atoms with Gasteiger partial charge >= 0.3 is 0 Å². The summed E-state index contributed by atoms with van der Waals surface area (Å²) in [5.41, 5.74) is 6.14. The third-order valence-corrected chi connectivity index (χ3v) is 8.26. The molecule has 3 aliphatic carbocycles. The molecule has 1 saturated carbocycles. The van der Waals surface area contributed by atoms with Crippen molar-refractivity contribution in [1.82, 2.24) is 0 Å². The minimum absolute atomic E-state index is 0.219. The maximum Gasteiger partial charge on any atom is 0.119 e. The van der Waals surface area contributed by atoms with Gasteiger partial charge in [0.1, 0.15) is 5.75 Å². The Morgan fingerprint density at radius 2 is 1.83 bits per heavy atom. The highest BCUT2D eigenvalue weighted by Crippen LogP contribution is 2.66. The first-order valence-electron chi connectivity index (χ1n) is 11.0. The predicted octanol–water partition coefficient (Wildman–Crippen LogP) is 6.53. The Hall–Kier alpha value is -2.46. The summed E-state index contributed by atoms with van der Waals surface area (Å²) in [5, 5.41) is 0. The fraction of sp³-hybridized carbons (Fsp3) is 0.429. The van der Waals surface area contributed by atoms with Crippen LogP contribution in [-0.4, -0.2) is 7.11 Å². The number of rotatable bonds is 1. The summed E-state index contributed by atoms with van der Waals surface area (Å²) in [6.45, 7) is 5.05. The zero-order valence-corrected chi connectivity index (χ0v) is 17.8. The molecule has 29 heavy (non-hydrogen) atoms. The van der Waals surface area contributed by atoms with Crippen LogP contribution < -0.4 is 4.74 Å². The molecule has 1 nitrogen and oxygen atoms in total. The van der Waals surface area contributed by atoms with Gasteiger partial charge in [0.2, 0.25) is 0 Å². The quantitative estimate of drug-likeness (QED) is 0.510. The van der Waals surface area contributed by atoms with E-state index in [1.165, 1.54) is 36.8 Å². The molecule has 0 aliphatic heterocycles. The van der Waals surface area contributed by atoms with Gasteiger partial charge in [-0.2, -0.15) is 0 Å². The average molecular weight is 383 g/mol. The standard InChI is InChI=1S/C28H30O/c1-27-18-16-25-24-13-12-23(29-3)19-21(24)15-17-28(25,2)26(27)14-11-22(27)10-9-20-7-5-4-6-8-20/h4-8,11-13,19,25-26H,14-18H2,1-3H3. The number of hydrogen-bond acceptors (Lipinski definition) is 1. The van der Waals surface area contributed by atoms with Crippen LogP contribution in [0, 0.1) is 28.6 Å². The average Bonchev–Trinajstić information content (AvgIpc) is 3.09. The van der Waals surface area contributed by atoms with E-state index in [-0.39, 0.29) is 5.41 Å². The minimum atomic E-state index is 0.219. The maximum absolute atomic E-state index is 5.48. The Bertz CT molecular complexity index is 1020. The predicted molar refractivity (Wildman–Crippen MR) is 119 cm³/mol. The molecule has 0 radical (unpaired) electrons. The summed E-state index contributed by atoms with van der Waals surface area (Å²) in [4.78, 5) is 0. The van der Waals surface area contributed by atoms with Crippen molar-refractivity contribution in [2.75, 3.05) is 7.11 Å². The van der Waals surface area contributed by atoms with Crippen LogP contribution in [0.25, 0.3) is 0 Å². The molecule has 2 aromatic carbocycles. The fourth-order valence-electron chi connectivity index (χ4n) is 6.62. The first-order valence-corrected chi connectivity index (χ1v) is 11.0. The molecular formula is C28H30O. The van der Waals surface area contributed by atoms with Gasteiger partial charge in [0.05, 0.1) is 7.11 Å². The van der Waals surface area contributed by atoms with Gasteiger partial charge in [-0.15, -0.1) is 0 Å². The first kappa shape index (κ1) is 18.6. The van der Waals surface area contributed by atoms with E-state index in [4.69, 9.17) is 4.74 Å². The third-order valence-electron chi connectivity index (χ3n) is 8.26. The molecule has 0 saturated heterocycles. The molecule has 0 amide bonds. The third kappa shape index (κ3) is 2.84. The molecule has 0 aromatic heterocycles. The van der Waals surface area contributed by atoms with Crippen molar-refractivity contribution in [1.29, 1.82) is 0 Å². The van der Waals surface area contributed by atoms with E-state index in [1.54, 1.807) is 12.7 Å². The Kier molecular flexibility index (Phi) is 4.36. The van der Waals surface area contributed by atoms with Gasteiger partial charge in [0, 0.05) is 16.6 Å². The molecule has 4 atom stereocenters. The van der Waals surface area contributed by atoms with Crippen LogP contribution in [0.5, 0.6) is 5.75 Å². The molecule has 2 aromatic rings. The molecule has 1 fully saturated rings. The van der Waals surface area contributed by atoms with Crippen LogP contribution in [0.4, 0.5) is 0 Å². The number of methoxy groups -OCH3 is 1. The number of benzene rings is 2. The minimum Gasteiger partial charge on any atom is -0.497 e. The highest BCUT2D eigenvalue weighted by Gasteiger charge is 2.57. The van der Waals surface area contributed by atoms with Crippen LogP contribution in [-0.2, 0) is 6.42 Å². The van der Waals surface area contributed by atoms with Gasteiger partial charge in [-0.3, -0.25) is 0 Å². The molecule has 0 N–H and O–H groups in total. The summed E-state index contributed by atoms with van der Waals surface area (Å²) in [6, 6.07) is 17.2. The largest absolute Gasteiger partial charge is 0.497 e. The maximum atomic E-state index is 5.48. The zero-order valence-electron chi connectivity index (χ0n) is 17.8. The van der Waals surface area contributed by atoms with E-state index >= 15 is 0 Å². The van der Waals surface area contributed by atoms with Gasteiger partial charge in [-0.05, 0) is 84.7 Å². The zero-order chi connectivity index (χ0) is 20.1. The second kappa shape index (κ2) is 6.81. The molecule has 0 heterocycles. The van der Waals surface area contributed by atoms with Crippen molar-refractivity contribution in [3.63, 3.8) is 0 Å². The van der Waals surface area contributed by atoms with E-state index < -0.39 is 0 Å². The Balaban J connectivity index is 1.46. The number of ether oxygens (including phenoxy) is 1. The van der Waals surface area contributed by atoms with Gasteiger partial charge in [0.25, 0.3) is 0 Å². The van der Waals surface area contributed by atoms with E-state index in [9.17, 15) is 0 Å². The molecule has 0 spiro atoms. The summed E-state index contributed by atoms with van der Waals surface area (Å²) in [5.74, 6) is 9.34. The van der Waals surface area contributed by atoms with Crippen molar-refractivity contribution < 1.29 is 4.74 Å². The molecule has 148 valence electrons. The summed E-state index contributed by atoms with van der Waals surface area (Å²) >= 11 is 0. The lowest BCUT2D eigenvalue weighted by molar-refractivity contribution is -0.00566. The smallest absolute Gasteiger partial charge is 0.119 e. The SMILES string of the molecule is COc1ccc2c(c1)CCC1(C)C2CCC2(C)C(C#Cc3ccccc3)=CCC21. The topological polar surface area (TPSA) is 9.23 Å². The van der Waals surface area contributed by atoms with Crippen LogP contribution in [0.2, 0.25) is 0 Å². The van der Waals surface area contributed by atoms with Gasteiger partial charge in [-0.1, -0.05) is 56.0 Å². The molecule has 4 unspecified atom stereocenters. The van der Waals surface area contributed by atoms with Crippen LogP contribution in [0.15, 0.2) is 60.2 Å². The van der Waals surface area contributed by atoms with E-state index in [1.807, 2.05) is 0 Å². The molecular weight excluding hydrogens is 352 g/mol. The molecule has 3 aliphatic rings. The number of allylic oxidation sites excluding steroid dienone is 2. The van der Waals surface area contributed by atoms with Crippen molar-refractivity contribution in [2.45, 2.75) is 51.9 Å². The van der Waals surface area contributed by atoms with E-state index in [2.05, 4.69) is 80.3 Å². The highest BCUT2D eigenvalue weighted by atomic mass is 16.5. The van der Waals surface area contributed by atoms with Gasteiger partial charge < -0.3 is 4.74 Å². The Labute approximate surface area is 175 Å². The number of fused-ring (bicyclic) bond motifs is 5. The number of aryl methyl sites for hydroxylation is 1. The van der Waals surface area contributed by atoms with E-state index in [0.29, 0.717) is 17.3 Å². The van der Waals surface area contributed by atoms with E-state index in [0.717, 1.165) is 17.7 Å². The lowest BCUT2D eigenvalue weighted by atomic mass is 9.47. The summed E-state index contributed by atoms with van der Waals surface area (Å²) in [7, 11) is 1.77. The number of hydrogen-bond donors (Lipinski definition) is 0. The second-order valence-corrected chi connectivity index (χ2v) is 9.60. The summed E-state index contributed by atoms with van der Waals surface area (Å²) in [6.07, 6.45) is 8.56. The van der Waals surface area contributed by atoms with Crippen LogP contribution >= 0.6 is 0 Å². The molecule has 0 bridgehead atoms. The highest BCUT2D eigenvalue weighted by molar-refractivity contribution is 5.48. The van der Waals surface area contributed by atoms with Crippen LogP contribution in [0.3, 0.4) is 0 Å². The van der Waals surface area contributed by atoms with Crippen molar-refractivity contribution in [2.24, 2.45) is 16.7 Å². The van der Waals surface area contributed by atoms with Gasteiger partial charge in [-0.25, -0.2) is 0 Å². The fourth-order valence-corrected chi connectivity index (χ4v) is 6.62. The Morgan fingerprint density at radius 1 is 1.00 bits per heavy atom.